The quantitative estimate of drug-likeness (QED) is 0.663. The number of nitrogens with two attached hydrogens (primary N) is 2. The molecule has 0 fully saturated rings. The molecular weight excluding hydrogens is 211 g/mol. The fraction of sp³-hybridized carbons (Fsp3) is 0.250. The monoisotopic (exact) mass is 220 g/mol. The molecule has 0 amide bonds. The zero-order chi connectivity index (χ0) is 10.0. The largest absolute Gasteiger partial charge is 0.397 e. The summed E-state index contributed by atoms with van der Waals surface area (Å²) in [6.45, 7) is -0.181. The molecule has 0 aliphatic carbocycles. The van der Waals surface area contributed by atoms with Gasteiger partial charge < -0.3 is 16.6 Å². The minimum Gasteiger partial charge on any atom is -0.397 e. The number of hydrogen-bond acceptors (Lipinski definition) is 3. The fourth-order valence-corrected chi connectivity index (χ4v) is 1.45. The molecule has 0 radical (unpaired) electrons. The lowest BCUT2D eigenvalue weighted by atomic mass is 10.1. The average Bonchev–Trinajstić information content (AvgIpc) is 2.13. The van der Waals surface area contributed by atoms with Crippen LogP contribution in [-0.4, -0.2) is 11.7 Å². The van der Waals surface area contributed by atoms with E-state index in [0.29, 0.717) is 16.3 Å². The van der Waals surface area contributed by atoms with E-state index in [1.165, 1.54) is 0 Å². The number of benzene rings is 1. The fourth-order valence-electron chi connectivity index (χ4n) is 0.964. The van der Waals surface area contributed by atoms with E-state index >= 15 is 0 Å². The lowest BCUT2D eigenvalue weighted by Gasteiger charge is -2.12. The van der Waals surface area contributed by atoms with Crippen molar-refractivity contribution in [3.05, 3.63) is 27.7 Å². The summed E-state index contributed by atoms with van der Waals surface area (Å²) in [4.78, 5) is 0. The molecule has 3 nitrogen and oxygen atoms in total. The van der Waals surface area contributed by atoms with Crippen LogP contribution in [0.15, 0.2) is 12.1 Å². The van der Waals surface area contributed by atoms with Gasteiger partial charge in [0.15, 0.2) is 0 Å². The lowest BCUT2D eigenvalue weighted by molar-refractivity contribution is 0.268. The Balaban J connectivity index is 3.18. The third kappa shape index (κ3) is 2.06. The topological polar surface area (TPSA) is 72.3 Å². The van der Waals surface area contributed by atoms with Crippen molar-refractivity contribution in [2.24, 2.45) is 5.73 Å². The van der Waals surface area contributed by atoms with Gasteiger partial charge in [-0.2, -0.15) is 0 Å². The van der Waals surface area contributed by atoms with Gasteiger partial charge in [-0.25, -0.2) is 0 Å². The summed E-state index contributed by atoms with van der Waals surface area (Å²) in [7, 11) is 0. The number of aliphatic hydroxyl groups is 1. The van der Waals surface area contributed by atoms with Gasteiger partial charge in [0.05, 0.1) is 28.4 Å². The van der Waals surface area contributed by atoms with Gasteiger partial charge in [0.25, 0.3) is 0 Å². The van der Waals surface area contributed by atoms with E-state index in [0.717, 1.165) is 0 Å². The van der Waals surface area contributed by atoms with Crippen LogP contribution < -0.4 is 11.5 Å². The maximum atomic E-state index is 8.81. The molecule has 0 unspecified atom stereocenters. The van der Waals surface area contributed by atoms with Crippen molar-refractivity contribution in [2.45, 2.75) is 6.04 Å². The van der Waals surface area contributed by atoms with Crippen LogP contribution in [0.4, 0.5) is 5.69 Å². The van der Waals surface area contributed by atoms with Crippen molar-refractivity contribution in [1.29, 1.82) is 0 Å². The van der Waals surface area contributed by atoms with Gasteiger partial charge in [-0.05, 0) is 11.6 Å². The summed E-state index contributed by atoms with van der Waals surface area (Å²) in [5, 5.41) is 9.40. The Labute approximate surface area is 86.2 Å². The van der Waals surface area contributed by atoms with Gasteiger partial charge >= 0.3 is 0 Å². The van der Waals surface area contributed by atoms with Crippen LogP contribution in [-0.2, 0) is 0 Å². The van der Waals surface area contributed by atoms with Crippen LogP contribution in [0.2, 0.25) is 10.0 Å². The van der Waals surface area contributed by atoms with Gasteiger partial charge in [0.1, 0.15) is 0 Å². The number of aliphatic hydroxyl groups excluding tert-OH is 1. The first-order chi connectivity index (χ1) is 6.07. The minimum absolute atomic E-state index is 0.181. The molecule has 0 aliphatic rings. The summed E-state index contributed by atoms with van der Waals surface area (Å²) in [5.41, 5.74) is 12.1. The Bertz CT molecular complexity index is 317. The van der Waals surface area contributed by atoms with E-state index in [1.54, 1.807) is 12.1 Å². The number of anilines is 1. The zero-order valence-corrected chi connectivity index (χ0v) is 8.31. The third-order valence-corrected chi connectivity index (χ3v) is 2.65. The predicted molar refractivity (Wildman–Crippen MR) is 54.9 cm³/mol. The molecule has 5 heteroatoms. The minimum atomic E-state index is -0.523. The van der Waals surface area contributed by atoms with Crippen LogP contribution in [0.25, 0.3) is 0 Å². The Morgan fingerprint density at radius 1 is 1.31 bits per heavy atom. The SMILES string of the molecule is Nc1ccc([C@H](N)CO)c(Cl)c1Cl. The molecule has 0 saturated heterocycles. The molecule has 13 heavy (non-hydrogen) atoms. The average molecular weight is 221 g/mol. The second kappa shape index (κ2) is 4.15. The number of rotatable bonds is 2. The van der Waals surface area contributed by atoms with E-state index in [1.807, 2.05) is 0 Å². The Morgan fingerprint density at radius 3 is 2.46 bits per heavy atom. The van der Waals surface area contributed by atoms with E-state index < -0.39 is 6.04 Å². The van der Waals surface area contributed by atoms with Crippen molar-refractivity contribution in [3.8, 4) is 0 Å². The number of hydrogen-bond donors (Lipinski definition) is 3. The lowest BCUT2D eigenvalue weighted by Crippen LogP contribution is -2.15. The van der Waals surface area contributed by atoms with Crippen molar-refractivity contribution >= 4 is 28.9 Å². The number of halogens is 2. The molecule has 5 N–H and O–H groups in total. The highest BCUT2D eigenvalue weighted by molar-refractivity contribution is 6.44. The van der Waals surface area contributed by atoms with Gasteiger partial charge in [-0.15, -0.1) is 0 Å². The molecule has 72 valence electrons. The highest BCUT2D eigenvalue weighted by Gasteiger charge is 2.13. The van der Waals surface area contributed by atoms with E-state index in [4.69, 9.17) is 39.8 Å². The van der Waals surface area contributed by atoms with Gasteiger partial charge in [0.2, 0.25) is 0 Å². The van der Waals surface area contributed by atoms with Crippen molar-refractivity contribution in [1.82, 2.24) is 0 Å². The van der Waals surface area contributed by atoms with Crippen molar-refractivity contribution in [2.75, 3.05) is 12.3 Å². The Kier molecular flexibility index (Phi) is 3.39. The van der Waals surface area contributed by atoms with Crippen LogP contribution in [0.1, 0.15) is 11.6 Å². The summed E-state index contributed by atoms with van der Waals surface area (Å²) in [6, 6.07) is 2.74. The van der Waals surface area contributed by atoms with Crippen LogP contribution in [0.5, 0.6) is 0 Å². The molecule has 1 aromatic rings. The first kappa shape index (κ1) is 10.6. The molecular formula is C8H10Cl2N2O. The predicted octanol–water partition coefficient (Wildman–Crippen LogP) is 1.57. The molecule has 0 heterocycles. The second-order valence-electron chi connectivity index (χ2n) is 2.66. The molecule has 1 aromatic carbocycles. The van der Waals surface area contributed by atoms with E-state index in [9.17, 15) is 0 Å². The summed E-state index contributed by atoms with van der Waals surface area (Å²) in [6.07, 6.45) is 0. The van der Waals surface area contributed by atoms with Gasteiger partial charge in [0, 0.05) is 0 Å². The molecule has 0 aromatic heterocycles. The molecule has 0 spiro atoms. The van der Waals surface area contributed by atoms with Crippen molar-refractivity contribution in [3.63, 3.8) is 0 Å². The summed E-state index contributed by atoms with van der Waals surface area (Å²) < 4.78 is 0. The Morgan fingerprint density at radius 2 is 1.92 bits per heavy atom. The van der Waals surface area contributed by atoms with Crippen molar-refractivity contribution < 1.29 is 5.11 Å². The van der Waals surface area contributed by atoms with Crippen LogP contribution in [0.3, 0.4) is 0 Å². The highest BCUT2D eigenvalue weighted by Crippen LogP contribution is 2.33. The molecule has 1 rings (SSSR count). The third-order valence-electron chi connectivity index (χ3n) is 1.74. The normalized spacial score (nSPS) is 12.9. The first-order valence-corrected chi connectivity index (χ1v) is 4.43. The molecule has 1 atom stereocenters. The zero-order valence-electron chi connectivity index (χ0n) is 6.80. The van der Waals surface area contributed by atoms with Gasteiger partial charge in [-0.3, -0.25) is 0 Å². The second-order valence-corrected chi connectivity index (χ2v) is 3.42. The van der Waals surface area contributed by atoms with Crippen LogP contribution >= 0.6 is 23.2 Å². The highest BCUT2D eigenvalue weighted by atomic mass is 35.5. The summed E-state index contributed by atoms with van der Waals surface area (Å²) in [5.74, 6) is 0. The maximum Gasteiger partial charge on any atom is 0.0824 e. The van der Waals surface area contributed by atoms with E-state index in [-0.39, 0.29) is 11.6 Å². The van der Waals surface area contributed by atoms with Crippen LogP contribution in [0, 0.1) is 0 Å². The molecule has 0 aliphatic heterocycles. The van der Waals surface area contributed by atoms with E-state index in [2.05, 4.69) is 0 Å². The summed E-state index contributed by atoms with van der Waals surface area (Å²) >= 11 is 11.7. The molecule has 0 saturated carbocycles. The maximum absolute atomic E-state index is 8.81. The smallest absolute Gasteiger partial charge is 0.0824 e. The standard InChI is InChI=1S/C8H10Cl2N2O/c9-7-4(6(12)3-13)1-2-5(11)8(7)10/h1-2,6,13H,3,11-12H2/t6-/m1/s1. The first-order valence-electron chi connectivity index (χ1n) is 3.67. The van der Waals surface area contributed by atoms with Gasteiger partial charge in [-0.1, -0.05) is 29.3 Å². The Hall–Kier alpha value is -0.480. The number of nitrogen functional groups attached to an aromatic ring is 1. The molecule has 0 bridgehead atoms.